The van der Waals surface area contributed by atoms with Crippen molar-refractivity contribution < 1.29 is 9.90 Å². The standard InChI is InChI=1S/C19H32N8O2.2C2H6/c20-14-3-9-26(10-4-14)18-22-17(25-7-1-13(2-8-25)16(28)29)23-19(24-18)27-11-5-15(21)6-12-27;2*1-2/h13-15H,1-12,20-21H2,(H,28,29);2*1-2H3. The third-order valence-corrected chi connectivity index (χ3v) is 6.37. The van der Waals surface area contributed by atoms with Gasteiger partial charge in [0.2, 0.25) is 17.8 Å². The molecule has 3 aliphatic rings. The van der Waals surface area contributed by atoms with E-state index >= 15 is 0 Å². The predicted octanol–water partition coefficient (Wildman–Crippen LogP) is 2.08. The summed E-state index contributed by atoms with van der Waals surface area (Å²) in [6.45, 7) is 12.7. The normalized spacial score (nSPS) is 20.5. The van der Waals surface area contributed by atoms with Gasteiger partial charge in [-0.3, -0.25) is 4.79 Å². The average Bonchev–Trinajstić information content (AvgIpc) is 2.87. The number of carbonyl (C=O) groups is 1. The maximum Gasteiger partial charge on any atom is 0.306 e. The van der Waals surface area contributed by atoms with Gasteiger partial charge < -0.3 is 31.3 Å². The van der Waals surface area contributed by atoms with Gasteiger partial charge in [0.15, 0.2) is 0 Å². The van der Waals surface area contributed by atoms with Gasteiger partial charge in [-0.2, -0.15) is 15.0 Å². The zero-order chi connectivity index (χ0) is 24.4. The van der Waals surface area contributed by atoms with Crippen LogP contribution in [0.25, 0.3) is 0 Å². The van der Waals surface area contributed by atoms with Crippen molar-refractivity contribution in [2.45, 2.75) is 78.3 Å². The highest BCUT2D eigenvalue weighted by Crippen LogP contribution is 2.26. The Kier molecular flexibility index (Phi) is 11.1. The van der Waals surface area contributed by atoms with Crippen LogP contribution >= 0.6 is 0 Å². The van der Waals surface area contributed by atoms with Crippen molar-refractivity contribution >= 4 is 23.8 Å². The van der Waals surface area contributed by atoms with Gasteiger partial charge in [0.1, 0.15) is 0 Å². The lowest BCUT2D eigenvalue weighted by molar-refractivity contribution is -0.142. The van der Waals surface area contributed by atoms with Crippen LogP contribution in [0, 0.1) is 5.92 Å². The molecular weight excluding hydrogens is 420 g/mol. The molecule has 0 saturated carbocycles. The van der Waals surface area contributed by atoms with Crippen LogP contribution in [-0.4, -0.2) is 77.4 Å². The lowest BCUT2D eigenvalue weighted by Gasteiger charge is -2.35. The van der Waals surface area contributed by atoms with Gasteiger partial charge in [-0.1, -0.05) is 27.7 Å². The van der Waals surface area contributed by atoms with Gasteiger partial charge in [0, 0.05) is 51.4 Å². The molecule has 3 aliphatic heterocycles. The highest BCUT2D eigenvalue weighted by atomic mass is 16.4. The molecule has 1 aromatic heterocycles. The number of aromatic nitrogens is 3. The first-order valence-electron chi connectivity index (χ1n) is 12.7. The Balaban J connectivity index is 0.000000914. The molecule has 0 bridgehead atoms. The molecule has 33 heavy (non-hydrogen) atoms. The fourth-order valence-corrected chi connectivity index (χ4v) is 4.29. The van der Waals surface area contributed by atoms with Gasteiger partial charge in [-0.05, 0) is 38.5 Å². The molecular formula is C23H44N8O2. The molecule has 3 saturated heterocycles. The van der Waals surface area contributed by atoms with Crippen molar-refractivity contribution in [3.63, 3.8) is 0 Å². The second-order valence-electron chi connectivity index (χ2n) is 8.48. The predicted molar refractivity (Wildman–Crippen MR) is 134 cm³/mol. The Morgan fingerprint density at radius 2 is 0.939 bits per heavy atom. The van der Waals surface area contributed by atoms with Gasteiger partial charge in [-0.15, -0.1) is 0 Å². The van der Waals surface area contributed by atoms with Crippen molar-refractivity contribution in [2.24, 2.45) is 17.4 Å². The number of piperidine rings is 3. The summed E-state index contributed by atoms with van der Waals surface area (Å²) in [6, 6.07) is 0.483. The monoisotopic (exact) mass is 464 g/mol. The molecule has 0 aromatic carbocycles. The van der Waals surface area contributed by atoms with Gasteiger partial charge in [0.25, 0.3) is 0 Å². The van der Waals surface area contributed by atoms with E-state index in [0.717, 1.165) is 51.9 Å². The summed E-state index contributed by atoms with van der Waals surface area (Å²) in [6.07, 6.45) is 4.95. The number of anilines is 3. The molecule has 0 radical (unpaired) electrons. The number of carboxylic acids is 1. The van der Waals surface area contributed by atoms with Crippen LogP contribution in [0.4, 0.5) is 17.8 Å². The van der Waals surface area contributed by atoms with Crippen LogP contribution in [-0.2, 0) is 4.79 Å². The first-order chi connectivity index (χ1) is 16.0. The Bertz CT molecular complexity index is 670. The maximum atomic E-state index is 11.3. The molecule has 4 heterocycles. The second kappa shape index (κ2) is 13.5. The molecule has 4 rings (SSSR count). The third kappa shape index (κ3) is 7.40. The topological polar surface area (TPSA) is 138 Å². The second-order valence-corrected chi connectivity index (χ2v) is 8.48. The van der Waals surface area contributed by atoms with Crippen LogP contribution in [0.15, 0.2) is 0 Å². The van der Waals surface area contributed by atoms with Crippen molar-refractivity contribution in [1.82, 2.24) is 15.0 Å². The van der Waals surface area contributed by atoms with E-state index in [0.29, 0.717) is 43.8 Å². The minimum Gasteiger partial charge on any atom is -0.481 e. The van der Waals surface area contributed by atoms with Crippen molar-refractivity contribution in [3.05, 3.63) is 0 Å². The number of hydrogen-bond donors (Lipinski definition) is 3. The zero-order valence-electron chi connectivity index (χ0n) is 20.9. The summed E-state index contributed by atoms with van der Waals surface area (Å²) in [5, 5.41) is 9.27. The SMILES string of the molecule is CC.CC.NC1CCN(c2nc(N3CCC(N)CC3)nc(N3CCC(C(=O)O)CC3)n2)CC1. The van der Waals surface area contributed by atoms with E-state index < -0.39 is 5.97 Å². The van der Waals surface area contributed by atoms with Crippen LogP contribution < -0.4 is 26.2 Å². The lowest BCUT2D eigenvalue weighted by atomic mass is 9.97. The van der Waals surface area contributed by atoms with E-state index in [1.165, 1.54) is 0 Å². The first-order valence-corrected chi connectivity index (χ1v) is 12.7. The molecule has 0 amide bonds. The molecule has 0 spiro atoms. The van der Waals surface area contributed by atoms with Gasteiger partial charge in [-0.25, -0.2) is 0 Å². The van der Waals surface area contributed by atoms with Crippen LogP contribution in [0.5, 0.6) is 0 Å². The molecule has 5 N–H and O–H groups in total. The number of aliphatic carboxylic acids is 1. The third-order valence-electron chi connectivity index (χ3n) is 6.37. The zero-order valence-corrected chi connectivity index (χ0v) is 20.9. The summed E-state index contributed by atoms with van der Waals surface area (Å²) in [7, 11) is 0. The minimum atomic E-state index is -0.712. The number of carboxylic acid groups (broad SMARTS) is 1. The number of hydrogen-bond acceptors (Lipinski definition) is 9. The number of rotatable bonds is 4. The van der Waals surface area contributed by atoms with Gasteiger partial charge in [0.05, 0.1) is 5.92 Å². The average molecular weight is 465 g/mol. The number of nitrogens with two attached hydrogens (primary N) is 2. The smallest absolute Gasteiger partial charge is 0.306 e. The highest BCUT2D eigenvalue weighted by molar-refractivity contribution is 5.70. The van der Waals surface area contributed by atoms with Crippen molar-refractivity contribution in [3.8, 4) is 0 Å². The van der Waals surface area contributed by atoms with Crippen molar-refractivity contribution in [2.75, 3.05) is 54.0 Å². The van der Waals surface area contributed by atoms with Crippen molar-refractivity contribution in [1.29, 1.82) is 0 Å². The van der Waals surface area contributed by atoms with Gasteiger partial charge >= 0.3 is 5.97 Å². The molecule has 10 heteroatoms. The first kappa shape index (κ1) is 27.0. The van der Waals surface area contributed by atoms with Crippen LogP contribution in [0.3, 0.4) is 0 Å². The fourth-order valence-electron chi connectivity index (χ4n) is 4.29. The van der Waals surface area contributed by atoms with E-state index in [9.17, 15) is 9.90 Å². The number of nitrogens with zero attached hydrogens (tertiary/aromatic N) is 6. The molecule has 3 fully saturated rings. The Morgan fingerprint density at radius 3 is 1.21 bits per heavy atom. The van der Waals surface area contributed by atoms with E-state index in [4.69, 9.17) is 26.4 Å². The molecule has 10 nitrogen and oxygen atoms in total. The summed E-state index contributed by atoms with van der Waals surface area (Å²) >= 11 is 0. The summed E-state index contributed by atoms with van der Waals surface area (Å²) in [5.74, 6) is 1.06. The lowest BCUT2D eigenvalue weighted by Crippen LogP contribution is -2.43. The largest absolute Gasteiger partial charge is 0.481 e. The summed E-state index contributed by atoms with van der Waals surface area (Å²) in [4.78, 5) is 32.1. The van der Waals surface area contributed by atoms with Crippen LogP contribution in [0.2, 0.25) is 0 Å². The quantitative estimate of drug-likeness (QED) is 0.607. The molecule has 0 unspecified atom stereocenters. The van der Waals surface area contributed by atoms with E-state index in [2.05, 4.69) is 14.7 Å². The Labute approximate surface area is 198 Å². The molecule has 188 valence electrons. The molecule has 1 aromatic rings. The Morgan fingerprint density at radius 1 is 0.667 bits per heavy atom. The Hall–Kier alpha value is -2.20. The fraction of sp³-hybridized carbons (Fsp3) is 0.826. The minimum absolute atomic E-state index is 0.241. The molecule has 0 atom stereocenters. The van der Waals surface area contributed by atoms with Crippen LogP contribution in [0.1, 0.15) is 66.2 Å². The summed E-state index contributed by atoms with van der Waals surface area (Å²) in [5.41, 5.74) is 12.1. The molecule has 0 aliphatic carbocycles. The van der Waals surface area contributed by atoms with E-state index in [1.54, 1.807) is 0 Å². The van der Waals surface area contributed by atoms with E-state index in [1.807, 2.05) is 27.7 Å². The summed E-state index contributed by atoms with van der Waals surface area (Å²) < 4.78 is 0. The maximum absolute atomic E-state index is 11.3. The highest BCUT2D eigenvalue weighted by Gasteiger charge is 2.29. The van der Waals surface area contributed by atoms with E-state index in [-0.39, 0.29) is 18.0 Å².